The summed E-state index contributed by atoms with van der Waals surface area (Å²) in [5, 5.41) is 12.3. The van der Waals surface area contributed by atoms with Gasteiger partial charge in [-0.1, -0.05) is 29.8 Å². The molecule has 2 aromatic carbocycles. The van der Waals surface area contributed by atoms with Crippen LogP contribution in [0, 0.1) is 0 Å². The maximum absolute atomic E-state index is 10.9. The van der Waals surface area contributed by atoms with Crippen LogP contribution in [0.3, 0.4) is 0 Å². The number of nitrogens with one attached hydrogen (secondary N) is 1. The molecule has 0 radical (unpaired) electrons. The molecule has 2 N–H and O–H groups in total. The highest BCUT2D eigenvalue weighted by atomic mass is 35.5. The number of halogens is 1. The van der Waals surface area contributed by atoms with Crippen molar-refractivity contribution >= 4 is 23.3 Å². The summed E-state index contributed by atoms with van der Waals surface area (Å²) < 4.78 is 5.26. The van der Waals surface area contributed by atoms with Gasteiger partial charge in [0.15, 0.2) is 0 Å². The second-order valence-electron chi connectivity index (χ2n) is 4.17. The smallest absolute Gasteiger partial charge is 0.337 e. The van der Waals surface area contributed by atoms with Crippen LogP contribution in [0.5, 0.6) is 5.75 Å². The predicted octanol–water partition coefficient (Wildman–Crippen LogP) is 3.66. The molecule has 0 aliphatic heterocycles. The molecular formula is C15H14ClNO3. The topological polar surface area (TPSA) is 58.6 Å². The van der Waals surface area contributed by atoms with E-state index in [9.17, 15) is 4.79 Å². The Balaban J connectivity index is 2.11. The molecule has 20 heavy (non-hydrogen) atoms. The number of carboxylic acids is 1. The predicted molar refractivity (Wildman–Crippen MR) is 78.7 cm³/mol. The number of methoxy groups -OCH3 is 1. The van der Waals surface area contributed by atoms with Gasteiger partial charge in [0.2, 0.25) is 0 Å². The third-order valence-corrected chi connectivity index (χ3v) is 3.19. The van der Waals surface area contributed by atoms with Crippen molar-refractivity contribution in [1.29, 1.82) is 0 Å². The summed E-state index contributed by atoms with van der Waals surface area (Å²) >= 11 is 5.92. The molecule has 0 saturated heterocycles. The summed E-state index contributed by atoms with van der Waals surface area (Å²) in [5.74, 6) is -0.237. The van der Waals surface area contributed by atoms with Gasteiger partial charge in [0.05, 0.1) is 17.7 Å². The number of carboxylic acid groups (broad SMARTS) is 1. The first kappa shape index (κ1) is 14.2. The molecule has 2 rings (SSSR count). The van der Waals surface area contributed by atoms with Gasteiger partial charge in [0, 0.05) is 17.8 Å². The lowest BCUT2D eigenvalue weighted by atomic mass is 10.1. The van der Waals surface area contributed by atoms with Gasteiger partial charge in [-0.3, -0.25) is 0 Å². The van der Waals surface area contributed by atoms with Gasteiger partial charge >= 0.3 is 5.97 Å². The van der Waals surface area contributed by atoms with Crippen LogP contribution < -0.4 is 10.1 Å². The Morgan fingerprint density at radius 3 is 2.70 bits per heavy atom. The molecule has 0 aliphatic rings. The van der Waals surface area contributed by atoms with Crippen LogP contribution in [0.2, 0.25) is 5.02 Å². The zero-order chi connectivity index (χ0) is 14.5. The lowest BCUT2D eigenvalue weighted by Gasteiger charge is -2.11. The normalized spacial score (nSPS) is 10.1. The third-order valence-electron chi connectivity index (χ3n) is 2.87. The van der Waals surface area contributed by atoms with E-state index < -0.39 is 5.97 Å². The summed E-state index contributed by atoms with van der Waals surface area (Å²) in [6.45, 7) is 0.562. The molecule has 0 atom stereocenters. The zero-order valence-electron chi connectivity index (χ0n) is 10.9. The molecule has 0 spiro atoms. The van der Waals surface area contributed by atoms with Crippen molar-refractivity contribution < 1.29 is 14.6 Å². The number of anilines is 1. The van der Waals surface area contributed by atoms with Crippen LogP contribution in [0.15, 0.2) is 42.5 Å². The standard InChI is InChI=1S/C15H14ClNO3/c1-20-14-5-3-2-4-10(14)9-17-11-6-7-12(15(18)19)13(16)8-11/h2-8,17H,9H2,1H3,(H,18,19). The molecule has 104 valence electrons. The lowest BCUT2D eigenvalue weighted by Crippen LogP contribution is -2.03. The highest BCUT2D eigenvalue weighted by Gasteiger charge is 2.09. The monoisotopic (exact) mass is 291 g/mol. The van der Waals surface area contributed by atoms with Crippen LogP contribution >= 0.6 is 11.6 Å². The molecule has 0 aliphatic carbocycles. The summed E-state index contributed by atoms with van der Waals surface area (Å²) in [4.78, 5) is 10.9. The highest BCUT2D eigenvalue weighted by Crippen LogP contribution is 2.23. The first-order chi connectivity index (χ1) is 9.61. The van der Waals surface area contributed by atoms with E-state index in [1.165, 1.54) is 6.07 Å². The number of carbonyl (C=O) groups is 1. The Kier molecular flexibility index (Phi) is 4.48. The highest BCUT2D eigenvalue weighted by molar-refractivity contribution is 6.33. The van der Waals surface area contributed by atoms with Gasteiger partial charge in [-0.2, -0.15) is 0 Å². The minimum atomic E-state index is -1.04. The van der Waals surface area contributed by atoms with Gasteiger partial charge in [-0.25, -0.2) is 4.79 Å². The van der Waals surface area contributed by atoms with Crippen molar-refractivity contribution in [3.8, 4) is 5.75 Å². The molecule has 5 heteroatoms. The van der Waals surface area contributed by atoms with E-state index in [1.54, 1.807) is 19.2 Å². The van der Waals surface area contributed by atoms with E-state index in [0.29, 0.717) is 6.54 Å². The average Bonchev–Trinajstić information content (AvgIpc) is 2.45. The van der Waals surface area contributed by atoms with Crippen LogP contribution in [-0.4, -0.2) is 18.2 Å². The Morgan fingerprint density at radius 2 is 2.05 bits per heavy atom. The van der Waals surface area contributed by atoms with Crippen molar-refractivity contribution in [3.63, 3.8) is 0 Å². The molecule has 0 aromatic heterocycles. The zero-order valence-corrected chi connectivity index (χ0v) is 11.6. The van der Waals surface area contributed by atoms with Crippen LogP contribution in [-0.2, 0) is 6.54 Å². The summed E-state index contributed by atoms with van der Waals surface area (Å²) in [6, 6.07) is 12.4. The second kappa shape index (κ2) is 6.30. The van der Waals surface area contributed by atoms with Gasteiger partial charge in [0.25, 0.3) is 0 Å². The summed E-state index contributed by atoms with van der Waals surface area (Å²) in [7, 11) is 1.62. The van der Waals surface area contributed by atoms with E-state index >= 15 is 0 Å². The number of benzene rings is 2. The van der Waals surface area contributed by atoms with Gasteiger partial charge in [-0.05, 0) is 24.3 Å². The Morgan fingerprint density at radius 1 is 1.30 bits per heavy atom. The van der Waals surface area contributed by atoms with E-state index in [2.05, 4.69) is 5.32 Å². The minimum absolute atomic E-state index is 0.0921. The molecule has 0 saturated carbocycles. The van der Waals surface area contributed by atoms with Crippen molar-refractivity contribution in [1.82, 2.24) is 0 Å². The molecule has 4 nitrogen and oxygen atoms in total. The van der Waals surface area contributed by atoms with Crippen LogP contribution in [0.25, 0.3) is 0 Å². The van der Waals surface area contributed by atoms with E-state index in [0.717, 1.165) is 17.0 Å². The quantitative estimate of drug-likeness (QED) is 0.882. The van der Waals surface area contributed by atoms with Crippen molar-refractivity contribution in [2.24, 2.45) is 0 Å². The second-order valence-corrected chi connectivity index (χ2v) is 4.57. The van der Waals surface area contributed by atoms with Crippen LogP contribution in [0.4, 0.5) is 5.69 Å². The molecule has 0 heterocycles. The SMILES string of the molecule is COc1ccccc1CNc1ccc(C(=O)O)c(Cl)c1. The maximum Gasteiger partial charge on any atom is 0.337 e. The molecule has 0 unspecified atom stereocenters. The van der Waals surface area contributed by atoms with Crippen molar-refractivity contribution in [2.75, 3.05) is 12.4 Å². The third kappa shape index (κ3) is 3.22. The Labute approximate surface area is 122 Å². The first-order valence-electron chi connectivity index (χ1n) is 6.00. The lowest BCUT2D eigenvalue weighted by molar-refractivity contribution is 0.0697. The Hall–Kier alpha value is -2.20. The van der Waals surface area contributed by atoms with E-state index in [-0.39, 0.29) is 10.6 Å². The van der Waals surface area contributed by atoms with E-state index in [4.69, 9.17) is 21.4 Å². The number of hydrogen-bond acceptors (Lipinski definition) is 3. The Bertz CT molecular complexity index is 628. The summed E-state index contributed by atoms with van der Waals surface area (Å²) in [5.41, 5.74) is 1.86. The number of ether oxygens (including phenoxy) is 1. The fourth-order valence-corrected chi connectivity index (χ4v) is 2.11. The number of aromatic carboxylic acids is 1. The van der Waals surface area contributed by atoms with E-state index in [1.807, 2.05) is 24.3 Å². The van der Waals surface area contributed by atoms with Gasteiger partial charge < -0.3 is 15.2 Å². The average molecular weight is 292 g/mol. The maximum atomic E-state index is 10.9. The first-order valence-corrected chi connectivity index (χ1v) is 6.38. The number of para-hydroxylation sites is 1. The number of rotatable bonds is 5. The van der Waals surface area contributed by atoms with Crippen molar-refractivity contribution in [2.45, 2.75) is 6.54 Å². The fourth-order valence-electron chi connectivity index (χ4n) is 1.84. The summed E-state index contributed by atoms with van der Waals surface area (Å²) in [6.07, 6.45) is 0. The largest absolute Gasteiger partial charge is 0.496 e. The molecule has 0 amide bonds. The van der Waals surface area contributed by atoms with Crippen LogP contribution in [0.1, 0.15) is 15.9 Å². The minimum Gasteiger partial charge on any atom is -0.496 e. The fraction of sp³-hybridized carbons (Fsp3) is 0.133. The molecule has 2 aromatic rings. The number of hydrogen-bond donors (Lipinski definition) is 2. The molecular weight excluding hydrogens is 278 g/mol. The van der Waals surface area contributed by atoms with Gasteiger partial charge in [0.1, 0.15) is 5.75 Å². The molecule has 0 fully saturated rings. The van der Waals surface area contributed by atoms with Crippen molar-refractivity contribution in [3.05, 3.63) is 58.6 Å². The van der Waals surface area contributed by atoms with Gasteiger partial charge in [-0.15, -0.1) is 0 Å². The molecule has 0 bridgehead atoms.